The third-order valence-electron chi connectivity index (χ3n) is 3.17. The van der Waals surface area contributed by atoms with E-state index >= 15 is 0 Å². The maximum atomic E-state index is 12.3. The van der Waals surface area contributed by atoms with Crippen molar-refractivity contribution in [1.29, 1.82) is 0 Å². The van der Waals surface area contributed by atoms with Crippen molar-refractivity contribution in [3.63, 3.8) is 0 Å². The van der Waals surface area contributed by atoms with Crippen molar-refractivity contribution < 1.29 is 14.5 Å². The number of non-ortho nitro benzene ring substituents is 1. The fourth-order valence-corrected chi connectivity index (χ4v) is 1.98. The number of benzene rings is 1. The first-order valence-corrected chi connectivity index (χ1v) is 6.56. The van der Waals surface area contributed by atoms with Crippen LogP contribution in [0.1, 0.15) is 28.9 Å². The Balaban J connectivity index is 2.25. The lowest BCUT2D eigenvalue weighted by Crippen LogP contribution is -2.27. The number of hydrogen-bond donors (Lipinski definition) is 1. The molecule has 7 heteroatoms. The topological polar surface area (TPSA) is 94.4 Å². The van der Waals surface area contributed by atoms with Crippen LogP contribution in [-0.4, -0.2) is 22.9 Å². The molecule has 0 saturated carbocycles. The van der Waals surface area contributed by atoms with Crippen LogP contribution in [0.5, 0.6) is 5.75 Å². The zero-order chi connectivity index (χ0) is 16.1. The number of hydrogen-bond acceptors (Lipinski definition) is 5. The molecule has 1 aromatic carbocycles. The summed E-state index contributed by atoms with van der Waals surface area (Å²) in [6, 6.07) is 7.21. The maximum absolute atomic E-state index is 12.3. The van der Waals surface area contributed by atoms with Gasteiger partial charge < -0.3 is 10.1 Å². The summed E-state index contributed by atoms with van der Waals surface area (Å²) < 4.78 is 5.09. The highest BCUT2D eigenvalue weighted by molar-refractivity contribution is 5.97. The lowest BCUT2D eigenvalue weighted by atomic mass is 10.1. The molecular formula is C15H15N3O4. The summed E-state index contributed by atoms with van der Waals surface area (Å²) in [4.78, 5) is 26.6. The second-order valence-electron chi connectivity index (χ2n) is 4.62. The number of amides is 1. The number of nitro groups is 1. The molecule has 2 aromatic rings. The van der Waals surface area contributed by atoms with Crippen LogP contribution in [0, 0.1) is 10.1 Å². The van der Waals surface area contributed by atoms with Crippen molar-refractivity contribution >= 4 is 11.6 Å². The molecule has 0 aliphatic carbocycles. The minimum Gasteiger partial charge on any atom is -0.496 e. The molecule has 0 aliphatic rings. The number of nitrogens with one attached hydrogen (secondary N) is 1. The maximum Gasteiger partial charge on any atom is 0.270 e. The van der Waals surface area contributed by atoms with Crippen LogP contribution in [0.4, 0.5) is 5.69 Å². The average Bonchev–Trinajstić information content (AvgIpc) is 2.54. The lowest BCUT2D eigenvalue weighted by molar-refractivity contribution is -0.384. The van der Waals surface area contributed by atoms with Gasteiger partial charge in [-0.25, -0.2) is 0 Å². The molecule has 22 heavy (non-hydrogen) atoms. The average molecular weight is 301 g/mol. The van der Waals surface area contributed by atoms with Crippen LogP contribution in [-0.2, 0) is 0 Å². The molecule has 0 aliphatic heterocycles. The molecule has 1 heterocycles. The van der Waals surface area contributed by atoms with E-state index in [2.05, 4.69) is 10.3 Å². The van der Waals surface area contributed by atoms with Gasteiger partial charge in [0, 0.05) is 24.5 Å². The quantitative estimate of drug-likeness (QED) is 0.676. The molecule has 1 atom stereocenters. The Kier molecular flexibility index (Phi) is 4.67. The third kappa shape index (κ3) is 3.38. The second kappa shape index (κ2) is 6.66. The molecule has 0 bridgehead atoms. The summed E-state index contributed by atoms with van der Waals surface area (Å²) in [7, 11) is 1.41. The molecule has 2 rings (SSSR count). The minimum atomic E-state index is -0.555. The predicted molar refractivity (Wildman–Crippen MR) is 79.8 cm³/mol. The van der Waals surface area contributed by atoms with Gasteiger partial charge in [-0.1, -0.05) is 6.07 Å². The van der Waals surface area contributed by atoms with Gasteiger partial charge >= 0.3 is 0 Å². The molecule has 1 unspecified atom stereocenters. The molecular weight excluding hydrogens is 286 g/mol. The van der Waals surface area contributed by atoms with E-state index in [1.165, 1.54) is 25.3 Å². The molecule has 7 nitrogen and oxygen atoms in total. The standard InChI is InChI=1S/C15H15N3O4/c1-10(11-4-3-7-16-9-11)17-15(19)13-8-12(18(20)21)5-6-14(13)22-2/h3-10H,1-2H3,(H,17,19). The highest BCUT2D eigenvalue weighted by Crippen LogP contribution is 2.24. The van der Waals surface area contributed by atoms with Crippen molar-refractivity contribution in [3.05, 3.63) is 64.0 Å². The summed E-state index contributed by atoms with van der Waals surface area (Å²) in [5, 5.41) is 13.6. The SMILES string of the molecule is COc1ccc([N+](=O)[O-])cc1C(=O)NC(C)c1cccnc1. The first kappa shape index (κ1) is 15.4. The van der Waals surface area contributed by atoms with Gasteiger partial charge in [-0.05, 0) is 24.6 Å². The van der Waals surface area contributed by atoms with Gasteiger partial charge in [-0.2, -0.15) is 0 Å². The van der Waals surface area contributed by atoms with E-state index in [9.17, 15) is 14.9 Å². The largest absolute Gasteiger partial charge is 0.496 e. The lowest BCUT2D eigenvalue weighted by Gasteiger charge is -2.15. The van der Waals surface area contributed by atoms with Crippen LogP contribution in [0.25, 0.3) is 0 Å². The fraction of sp³-hybridized carbons (Fsp3) is 0.200. The van der Waals surface area contributed by atoms with Gasteiger partial charge in [0.15, 0.2) is 0 Å². The van der Waals surface area contributed by atoms with Crippen LogP contribution < -0.4 is 10.1 Å². The predicted octanol–water partition coefficient (Wildman–Crippen LogP) is 2.49. The molecule has 0 radical (unpaired) electrons. The fourth-order valence-electron chi connectivity index (χ4n) is 1.98. The Hall–Kier alpha value is -2.96. The van der Waals surface area contributed by atoms with Crippen LogP contribution >= 0.6 is 0 Å². The Morgan fingerprint density at radius 3 is 2.77 bits per heavy atom. The van der Waals surface area contributed by atoms with Gasteiger partial charge in [-0.3, -0.25) is 19.9 Å². The number of pyridine rings is 1. The van der Waals surface area contributed by atoms with Crippen molar-refractivity contribution in [3.8, 4) is 5.75 Å². The number of aromatic nitrogens is 1. The number of nitro benzene ring substituents is 1. The number of methoxy groups -OCH3 is 1. The van der Waals surface area contributed by atoms with Crippen LogP contribution in [0.15, 0.2) is 42.7 Å². The third-order valence-corrected chi connectivity index (χ3v) is 3.17. The van der Waals surface area contributed by atoms with E-state index < -0.39 is 10.8 Å². The van der Waals surface area contributed by atoms with Crippen molar-refractivity contribution in [2.24, 2.45) is 0 Å². The van der Waals surface area contributed by atoms with E-state index in [4.69, 9.17) is 4.74 Å². The number of nitrogens with zero attached hydrogens (tertiary/aromatic N) is 2. The smallest absolute Gasteiger partial charge is 0.270 e. The number of ether oxygens (including phenoxy) is 1. The number of carbonyl (C=O) groups excluding carboxylic acids is 1. The Labute approximate surface area is 127 Å². The Morgan fingerprint density at radius 2 is 2.18 bits per heavy atom. The number of carbonyl (C=O) groups is 1. The summed E-state index contributed by atoms with van der Waals surface area (Å²) >= 11 is 0. The summed E-state index contributed by atoms with van der Waals surface area (Å²) in [6.45, 7) is 1.80. The van der Waals surface area contributed by atoms with Gasteiger partial charge in [0.25, 0.3) is 11.6 Å². The molecule has 1 aromatic heterocycles. The highest BCUT2D eigenvalue weighted by Gasteiger charge is 2.19. The van der Waals surface area contributed by atoms with Gasteiger partial charge in [-0.15, -0.1) is 0 Å². The van der Waals surface area contributed by atoms with E-state index in [0.717, 1.165) is 5.56 Å². The molecule has 0 saturated heterocycles. The van der Waals surface area contributed by atoms with Crippen LogP contribution in [0.3, 0.4) is 0 Å². The zero-order valence-corrected chi connectivity index (χ0v) is 12.1. The second-order valence-corrected chi connectivity index (χ2v) is 4.62. The minimum absolute atomic E-state index is 0.118. The van der Waals surface area contributed by atoms with Crippen molar-refractivity contribution in [2.45, 2.75) is 13.0 Å². The monoisotopic (exact) mass is 301 g/mol. The normalized spacial score (nSPS) is 11.5. The van der Waals surface area contributed by atoms with E-state index in [0.29, 0.717) is 0 Å². The molecule has 1 amide bonds. The first-order chi connectivity index (χ1) is 10.5. The van der Waals surface area contributed by atoms with Gasteiger partial charge in [0.1, 0.15) is 5.75 Å². The van der Waals surface area contributed by atoms with E-state index in [-0.39, 0.29) is 23.0 Å². The van der Waals surface area contributed by atoms with Crippen molar-refractivity contribution in [1.82, 2.24) is 10.3 Å². The first-order valence-electron chi connectivity index (χ1n) is 6.56. The highest BCUT2D eigenvalue weighted by atomic mass is 16.6. The zero-order valence-electron chi connectivity index (χ0n) is 12.1. The molecule has 114 valence electrons. The number of rotatable bonds is 5. The van der Waals surface area contributed by atoms with E-state index in [1.807, 2.05) is 6.07 Å². The molecule has 0 fully saturated rings. The summed E-state index contributed by atoms with van der Waals surface area (Å²) in [5.74, 6) is -0.168. The van der Waals surface area contributed by atoms with Crippen molar-refractivity contribution in [2.75, 3.05) is 7.11 Å². The van der Waals surface area contributed by atoms with Gasteiger partial charge in [0.05, 0.1) is 23.6 Å². The van der Waals surface area contributed by atoms with Gasteiger partial charge in [0.2, 0.25) is 0 Å². The summed E-state index contributed by atoms with van der Waals surface area (Å²) in [5.41, 5.74) is 0.785. The summed E-state index contributed by atoms with van der Waals surface area (Å²) in [6.07, 6.45) is 3.29. The van der Waals surface area contributed by atoms with E-state index in [1.54, 1.807) is 25.4 Å². The van der Waals surface area contributed by atoms with Crippen LogP contribution in [0.2, 0.25) is 0 Å². The molecule has 1 N–H and O–H groups in total. The Morgan fingerprint density at radius 1 is 1.41 bits per heavy atom. The Bertz CT molecular complexity index is 688. The molecule has 0 spiro atoms.